The summed E-state index contributed by atoms with van der Waals surface area (Å²) in [5, 5.41) is 13.1. The van der Waals surface area contributed by atoms with Gasteiger partial charge in [-0.1, -0.05) is 32.9 Å². The van der Waals surface area contributed by atoms with Crippen LogP contribution in [0.15, 0.2) is 18.2 Å². The topological polar surface area (TPSA) is 105 Å². The number of ether oxygens (including phenoxy) is 1. The fourth-order valence-electron chi connectivity index (χ4n) is 3.41. The smallest absolute Gasteiger partial charge is 0.255 e. The Kier molecular flexibility index (Phi) is 7.43. The van der Waals surface area contributed by atoms with Gasteiger partial charge in [0.05, 0.1) is 12.1 Å². The summed E-state index contributed by atoms with van der Waals surface area (Å²) in [5.74, 6) is 0.0231. The molecule has 2 rings (SSSR count). The lowest BCUT2D eigenvalue weighted by Gasteiger charge is -2.24. The Morgan fingerprint density at radius 3 is 2.57 bits per heavy atom. The summed E-state index contributed by atoms with van der Waals surface area (Å²) in [6.07, 6.45) is 0.712. The predicted octanol–water partition coefficient (Wildman–Crippen LogP) is 1.31. The van der Waals surface area contributed by atoms with Gasteiger partial charge in [-0.3, -0.25) is 14.5 Å². The molecule has 1 aliphatic heterocycles. The molecule has 7 nitrogen and oxygen atoms in total. The van der Waals surface area contributed by atoms with E-state index in [1.807, 2.05) is 12.1 Å². The van der Waals surface area contributed by atoms with Gasteiger partial charge in [0.15, 0.2) is 6.61 Å². The van der Waals surface area contributed by atoms with Gasteiger partial charge in [-0.2, -0.15) is 0 Å². The number of hydrogen-bond acceptors (Lipinski definition) is 5. The van der Waals surface area contributed by atoms with Crippen molar-refractivity contribution in [3.05, 3.63) is 29.3 Å². The number of hydrogen-bond donors (Lipinski definition) is 3. The van der Waals surface area contributed by atoms with Crippen molar-refractivity contribution in [3.8, 4) is 5.75 Å². The number of aliphatic hydroxyl groups is 1. The second-order valence-corrected chi connectivity index (χ2v) is 8.56. The summed E-state index contributed by atoms with van der Waals surface area (Å²) in [6.45, 7) is 9.77. The minimum absolute atomic E-state index is 0.0400. The molecule has 0 radical (unpaired) electrons. The van der Waals surface area contributed by atoms with Crippen LogP contribution in [0.4, 0.5) is 0 Å². The van der Waals surface area contributed by atoms with Gasteiger partial charge >= 0.3 is 0 Å². The van der Waals surface area contributed by atoms with E-state index in [4.69, 9.17) is 10.5 Å². The molecular weight excluding hydrogens is 358 g/mol. The van der Waals surface area contributed by atoms with E-state index in [0.29, 0.717) is 31.7 Å². The largest absolute Gasteiger partial charge is 0.483 e. The number of nitrogens with one attached hydrogen (secondary N) is 1. The maximum absolute atomic E-state index is 11.3. The molecular formula is C21H33N3O4. The predicted molar refractivity (Wildman–Crippen MR) is 108 cm³/mol. The number of carbonyl (C=O) groups is 2. The molecule has 0 aromatic heterocycles. The molecule has 0 spiro atoms. The second-order valence-electron chi connectivity index (χ2n) is 8.56. The highest BCUT2D eigenvalue weighted by atomic mass is 16.5. The summed E-state index contributed by atoms with van der Waals surface area (Å²) < 4.78 is 5.69. The van der Waals surface area contributed by atoms with E-state index in [9.17, 15) is 14.7 Å². The molecule has 4 N–H and O–H groups in total. The first-order chi connectivity index (χ1) is 13.1. The van der Waals surface area contributed by atoms with E-state index in [1.165, 1.54) is 6.92 Å². The monoisotopic (exact) mass is 391 g/mol. The van der Waals surface area contributed by atoms with Gasteiger partial charge in [-0.05, 0) is 29.9 Å². The van der Waals surface area contributed by atoms with Gasteiger partial charge in [0, 0.05) is 32.1 Å². The maximum atomic E-state index is 11.3. The van der Waals surface area contributed by atoms with E-state index in [1.54, 1.807) is 0 Å². The molecule has 0 saturated carbocycles. The Morgan fingerprint density at radius 2 is 1.96 bits per heavy atom. The number of amides is 2. The third-order valence-electron chi connectivity index (χ3n) is 5.05. The zero-order valence-electron chi connectivity index (χ0n) is 17.3. The zero-order valence-corrected chi connectivity index (χ0v) is 17.3. The van der Waals surface area contributed by atoms with E-state index in [2.05, 4.69) is 37.1 Å². The number of nitrogens with zero attached hydrogens (tertiary/aromatic N) is 1. The molecule has 156 valence electrons. The molecule has 0 unspecified atom stereocenters. The van der Waals surface area contributed by atoms with Crippen molar-refractivity contribution in [2.75, 3.05) is 19.7 Å². The molecule has 1 aliphatic rings. The number of likely N-dealkylation sites (tertiary alicyclic amines) is 1. The lowest BCUT2D eigenvalue weighted by molar-refractivity contribution is -0.121. The molecule has 0 aliphatic carbocycles. The maximum Gasteiger partial charge on any atom is 0.255 e. The number of carbonyl (C=O) groups excluding carboxylic acids is 2. The quantitative estimate of drug-likeness (QED) is 0.678. The standard InChI is InChI=1S/C21H33N3O4/c1-14(25)23-17-7-9-24(10-8-18(17)26)12-15-5-6-16(21(2,3)4)11-19(15)28-13-20(22)27/h5-6,11,17-18,26H,7-10,12-13H2,1-4H3,(H2,22,27)(H,23,25)/t17-,18-/m0/s1. The molecule has 1 aromatic carbocycles. The van der Waals surface area contributed by atoms with Crippen LogP contribution in [-0.4, -0.2) is 53.7 Å². The van der Waals surface area contributed by atoms with Crippen molar-refractivity contribution in [2.45, 2.75) is 64.6 Å². The van der Waals surface area contributed by atoms with Crippen molar-refractivity contribution in [3.63, 3.8) is 0 Å². The highest BCUT2D eigenvalue weighted by molar-refractivity contribution is 5.75. The average Bonchev–Trinajstić information content (AvgIpc) is 2.75. The van der Waals surface area contributed by atoms with Crippen molar-refractivity contribution < 1.29 is 19.4 Å². The molecule has 7 heteroatoms. The normalized spacial score (nSPS) is 21.0. The molecule has 1 aromatic rings. The van der Waals surface area contributed by atoms with Crippen LogP contribution in [0.5, 0.6) is 5.75 Å². The van der Waals surface area contributed by atoms with Crippen molar-refractivity contribution in [1.82, 2.24) is 10.2 Å². The van der Waals surface area contributed by atoms with Crippen LogP contribution in [0, 0.1) is 0 Å². The Bertz CT molecular complexity index is 699. The third-order valence-corrected chi connectivity index (χ3v) is 5.05. The summed E-state index contributed by atoms with van der Waals surface area (Å²) >= 11 is 0. The molecule has 28 heavy (non-hydrogen) atoms. The number of nitrogens with two attached hydrogens (primary N) is 1. The summed E-state index contributed by atoms with van der Waals surface area (Å²) in [6, 6.07) is 5.87. The highest BCUT2D eigenvalue weighted by Crippen LogP contribution is 2.30. The number of benzene rings is 1. The molecule has 2 atom stereocenters. The van der Waals surface area contributed by atoms with E-state index in [-0.39, 0.29) is 24.0 Å². The lowest BCUT2D eigenvalue weighted by Crippen LogP contribution is -2.42. The minimum Gasteiger partial charge on any atom is -0.483 e. The Morgan fingerprint density at radius 1 is 1.29 bits per heavy atom. The van der Waals surface area contributed by atoms with Crippen LogP contribution < -0.4 is 15.8 Å². The van der Waals surface area contributed by atoms with Crippen LogP contribution in [-0.2, 0) is 21.5 Å². The fourth-order valence-corrected chi connectivity index (χ4v) is 3.41. The molecule has 1 saturated heterocycles. The van der Waals surface area contributed by atoms with Crippen molar-refractivity contribution in [2.24, 2.45) is 5.73 Å². The van der Waals surface area contributed by atoms with Crippen LogP contribution in [0.25, 0.3) is 0 Å². The zero-order chi connectivity index (χ0) is 20.9. The number of aliphatic hydroxyl groups excluding tert-OH is 1. The van der Waals surface area contributed by atoms with Crippen molar-refractivity contribution in [1.29, 1.82) is 0 Å². The van der Waals surface area contributed by atoms with Crippen molar-refractivity contribution >= 4 is 11.8 Å². The SMILES string of the molecule is CC(=O)N[C@H]1CCN(Cc2ccc(C(C)(C)C)cc2OCC(N)=O)CC[C@@H]1O. The third kappa shape index (κ3) is 6.49. The summed E-state index contributed by atoms with van der Waals surface area (Å²) in [5.41, 5.74) is 7.30. The number of rotatable bonds is 6. The van der Waals surface area contributed by atoms with Gasteiger partial charge in [-0.15, -0.1) is 0 Å². The van der Waals surface area contributed by atoms with E-state index in [0.717, 1.165) is 17.7 Å². The van der Waals surface area contributed by atoms with Gasteiger partial charge in [0.25, 0.3) is 5.91 Å². The van der Waals surface area contributed by atoms with E-state index < -0.39 is 12.0 Å². The van der Waals surface area contributed by atoms with Crippen LogP contribution in [0.2, 0.25) is 0 Å². The van der Waals surface area contributed by atoms with Crippen LogP contribution in [0.1, 0.15) is 51.7 Å². The first-order valence-corrected chi connectivity index (χ1v) is 9.78. The Balaban J connectivity index is 2.15. The van der Waals surface area contributed by atoms with Crippen LogP contribution in [0.3, 0.4) is 0 Å². The van der Waals surface area contributed by atoms with Gasteiger partial charge < -0.3 is 20.9 Å². The summed E-state index contributed by atoms with van der Waals surface area (Å²) in [4.78, 5) is 24.8. The fraction of sp³-hybridized carbons (Fsp3) is 0.619. The average molecular weight is 392 g/mol. The van der Waals surface area contributed by atoms with Gasteiger partial charge in [0.1, 0.15) is 5.75 Å². The van der Waals surface area contributed by atoms with Gasteiger partial charge in [-0.25, -0.2) is 0 Å². The molecule has 1 heterocycles. The first-order valence-electron chi connectivity index (χ1n) is 9.78. The second kappa shape index (κ2) is 9.39. The van der Waals surface area contributed by atoms with E-state index >= 15 is 0 Å². The minimum atomic E-state index is -0.553. The molecule has 0 bridgehead atoms. The lowest BCUT2D eigenvalue weighted by atomic mass is 9.86. The number of primary amides is 1. The Labute approximate surface area is 167 Å². The Hall–Kier alpha value is -2.12. The first kappa shape index (κ1) is 22.2. The molecule has 1 fully saturated rings. The van der Waals surface area contributed by atoms with Crippen LogP contribution >= 0.6 is 0 Å². The molecule has 2 amide bonds. The summed E-state index contributed by atoms with van der Waals surface area (Å²) in [7, 11) is 0. The highest BCUT2D eigenvalue weighted by Gasteiger charge is 2.26. The van der Waals surface area contributed by atoms with Gasteiger partial charge in [0.2, 0.25) is 5.91 Å².